The van der Waals surface area contributed by atoms with E-state index in [9.17, 15) is 4.79 Å². The number of benzene rings is 1. The van der Waals surface area contributed by atoms with Crippen molar-refractivity contribution in [2.45, 2.75) is 31.8 Å². The topological polar surface area (TPSA) is 66.3 Å². The van der Waals surface area contributed by atoms with Gasteiger partial charge in [0.25, 0.3) is 0 Å². The van der Waals surface area contributed by atoms with Crippen molar-refractivity contribution >= 4 is 34.9 Å². The Bertz CT molecular complexity index is 834. The maximum atomic E-state index is 12.9. The molecule has 2 amide bonds. The van der Waals surface area contributed by atoms with Crippen molar-refractivity contribution in [2.75, 3.05) is 32.0 Å². The Morgan fingerprint density at radius 1 is 1.11 bits per heavy atom. The number of rotatable bonds is 2. The van der Waals surface area contributed by atoms with Gasteiger partial charge < -0.3 is 19.7 Å². The standard InChI is InChI=1S/C18H22Cl2N6O/c1-24-6-4-16-22-23-17(26(16)8-7-24)15-3-2-5-25(15)18(27)21-14-10-12(19)9-13(20)11-14/h9-11,15H,2-8H2,1H3,(H,21,27). The quantitative estimate of drug-likeness (QED) is 0.826. The van der Waals surface area contributed by atoms with Crippen LogP contribution in [0.1, 0.15) is 30.5 Å². The second-order valence-corrected chi connectivity index (χ2v) is 7.99. The first kappa shape index (κ1) is 18.5. The summed E-state index contributed by atoms with van der Waals surface area (Å²) in [6.45, 7) is 3.47. The Balaban J connectivity index is 1.54. The van der Waals surface area contributed by atoms with Crippen LogP contribution in [0.3, 0.4) is 0 Å². The Hall–Kier alpha value is -1.83. The van der Waals surface area contributed by atoms with Crippen LogP contribution in [0.5, 0.6) is 0 Å². The number of hydrogen-bond acceptors (Lipinski definition) is 4. The van der Waals surface area contributed by atoms with Gasteiger partial charge >= 0.3 is 6.03 Å². The molecule has 3 heterocycles. The third-order valence-electron chi connectivity index (χ3n) is 5.20. The van der Waals surface area contributed by atoms with E-state index in [1.807, 2.05) is 4.90 Å². The number of urea groups is 1. The van der Waals surface area contributed by atoms with Crippen molar-refractivity contribution in [3.8, 4) is 0 Å². The number of carbonyl (C=O) groups excluding carboxylic acids is 1. The molecule has 1 saturated heterocycles. The number of carbonyl (C=O) groups is 1. The summed E-state index contributed by atoms with van der Waals surface area (Å²) in [5.74, 6) is 1.89. The van der Waals surface area contributed by atoms with Gasteiger partial charge in [-0.3, -0.25) is 0 Å². The minimum absolute atomic E-state index is 0.0655. The van der Waals surface area contributed by atoms with E-state index in [1.54, 1.807) is 18.2 Å². The van der Waals surface area contributed by atoms with E-state index < -0.39 is 0 Å². The van der Waals surface area contributed by atoms with Crippen molar-refractivity contribution in [3.63, 3.8) is 0 Å². The van der Waals surface area contributed by atoms with Crippen LogP contribution in [-0.4, -0.2) is 57.3 Å². The molecule has 0 aliphatic carbocycles. The number of nitrogens with one attached hydrogen (secondary N) is 1. The highest BCUT2D eigenvalue weighted by Crippen LogP contribution is 2.32. The average Bonchev–Trinajstić information content (AvgIpc) is 3.19. The molecule has 1 aromatic heterocycles. The Kier molecular flexibility index (Phi) is 5.25. The normalized spacial score (nSPS) is 20.4. The van der Waals surface area contributed by atoms with Gasteiger partial charge in [0, 0.05) is 48.3 Å². The lowest BCUT2D eigenvalue weighted by Gasteiger charge is -2.25. The smallest absolute Gasteiger partial charge is 0.314 e. The predicted molar refractivity (Wildman–Crippen MR) is 105 cm³/mol. The molecule has 27 heavy (non-hydrogen) atoms. The number of amides is 2. The number of halogens is 2. The van der Waals surface area contributed by atoms with Crippen LogP contribution < -0.4 is 5.32 Å². The molecule has 2 aliphatic rings. The molecule has 0 spiro atoms. The van der Waals surface area contributed by atoms with Crippen LogP contribution in [0.25, 0.3) is 0 Å². The number of fused-ring (bicyclic) bond motifs is 1. The zero-order valence-corrected chi connectivity index (χ0v) is 16.7. The van der Waals surface area contributed by atoms with Crippen molar-refractivity contribution in [1.82, 2.24) is 24.6 Å². The summed E-state index contributed by atoms with van der Waals surface area (Å²) in [5.41, 5.74) is 0.588. The summed E-state index contributed by atoms with van der Waals surface area (Å²) >= 11 is 12.1. The fourth-order valence-electron chi connectivity index (χ4n) is 3.80. The Morgan fingerprint density at radius 2 is 1.89 bits per heavy atom. The molecule has 2 aliphatic heterocycles. The first-order valence-electron chi connectivity index (χ1n) is 9.15. The third kappa shape index (κ3) is 3.90. The van der Waals surface area contributed by atoms with Crippen LogP contribution in [0, 0.1) is 0 Å². The zero-order chi connectivity index (χ0) is 19.0. The highest BCUT2D eigenvalue weighted by molar-refractivity contribution is 6.35. The summed E-state index contributed by atoms with van der Waals surface area (Å²) in [5, 5.41) is 12.7. The molecule has 0 saturated carbocycles. The lowest BCUT2D eigenvalue weighted by molar-refractivity contribution is 0.203. The molecule has 144 valence electrons. The molecule has 4 rings (SSSR count). The van der Waals surface area contributed by atoms with Gasteiger partial charge in [0.1, 0.15) is 5.82 Å². The fourth-order valence-corrected chi connectivity index (χ4v) is 4.32. The lowest BCUT2D eigenvalue weighted by atomic mass is 10.2. The van der Waals surface area contributed by atoms with Crippen LogP contribution >= 0.6 is 23.2 Å². The third-order valence-corrected chi connectivity index (χ3v) is 5.64. The molecule has 1 N–H and O–H groups in total. The van der Waals surface area contributed by atoms with Crippen LogP contribution in [0.4, 0.5) is 10.5 Å². The summed E-state index contributed by atoms with van der Waals surface area (Å²) in [6.07, 6.45) is 2.71. The van der Waals surface area contributed by atoms with Gasteiger partial charge in [-0.05, 0) is 38.1 Å². The van der Waals surface area contributed by atoms with Crippen LogP contribution in [0.15, 0.2) is 18.2 Å². The average molecular weight is 409 g/mol. The van der Waals surface area contributed by atoms with Gasteiger partial charge in [-0.15, -0.1) is 10.2 Å². The fraction of sp³-hybridized carbons (Fsp3) is 0.500. The first-order valence-corrected chi connectivity index (χ1v) is 9.91. The van der Waals surface area contributed by atoms with Crippen molar-refractivity contribution < 1.29 is 4.79 Å². The SMILES string of the molecule is CN1CCc2nnc(C3CCCN3C(=O)Nc3cc(Cl)cc(Cl)c3)n2CC1. The van der Waals surface area contributed by atoms with Crippen LogP contribution in [-0.2, 0) is 13.0 Å². The number of likely N-dealkylation sites (N-methyl/N-ethyl adjacent to an activating group) is 1. The molecule has 2 aromatic rings. The largest absolute Gasteiger partial charge is 0.322 e. The number of anilines is 1. The minimum Gasteiger partial charge on any atom is -0.314 e. The Morgan fingerprint density at radius 3 is 2.67 bits per heavy atom. The van der Waals surface area contributed by atoms with E-state index in [0.29, 0.717) is 22.3 Å². The van der Waals surface area contributed by atoms with E-state index in [1.165, 1.54) is 0 Å². The first-order chi connectivity index (χ1) is 13.0. The second-order valence-electron chi connectivity index (χ2n) is 7.12. The molecule has 0 radical (unpaired) electrons. The van der Waals surface area contributed by atoms with Gasteiger partial charge in [-0.1, -0.05) is 23.2 Å². The van der Waals surface area contributed by atoms with Gasteiger partial charge in [-0.25, -0.2) is 4.79 Å². The maximum absolute atomic E-state index is 12.9. The summed E-state index contributed by atoms with van der Waals surface area (Å²) in [6, 6.07) is 4.79. The molecular weight excluding hydrogens is 387 g/mol. The monoisotopic (exact) mass is 408 g/mol. The molecule has 7 nitrogen and oxygen atoms in total. The van der Waals surface area contributed by atoms with E-state index >= 15 is 0 Å². The number of aromatic nitrogens is 3. The van der Waals surface area contributed by atoms with Gasteiger partial charge in [0.05, 0.1) is 6.04 Å². The summed E-state index contributed by atoms with van der Waals surface area (Å²) in [7, 11) is 2.12. The number of nitrogens with zero attached hydrogens (tertiary/aromatic N) is 5. The van der Waals surface area contributed by atoms with E-state index in [4.69, 9.17) is 23.2 Å². The molecule has 1 fully saturated rings. The highest BCUT2D eigenvalue weighted by Gasteiger charge is 2.34. The maximum Gasteiger partial charge on any atom is 0.322 e. The summed E-state index contributed by atoms with van der Waals surface area (Å²) in [4.78, 5) is 17.0. The van der Waals surface area contributed by atoms with E-state index in [2.05, 4.69) is 32.0 Å². The summed E-state index contributed by atoms with van der Waals surface area (Å²) < 4.78 is 2.19. The van der Waals surface area contributed by atoms with Gasteiger partial charge in [0.2, 0.25) is 0 Å². The van der Waals surface area contributed by atoms with Gasteiger partial charge in [0.15, 0.2) is 5.82 Å². The minimum atomic E-state index is -0.168. The van der Waals surface area contributed by atoms with E-state index in [-0.39, 0.29) is 12.1 Å². The molecule has 9 heteroatoms. The van der Waals surface area contributed by atoms with Crippen molar-refractivity contribution in [1.29, 1.82) is 0 Å². The van der Waals surface area contributed by atoms with Crippen molar-refractivity contribution in [3.05, 3.63) is 39.9 Å². The van der Waals surface area contributed by atoms with E-state index in [0.717, 1.165) is 50.5 Å². The Labute approximate surface area is 168 Å². The molecule has 0 bridgehead atoms. The van der Waals surface area contributed by atoms with Gasteiger partial charge in [-0.2, -0.15) is 0 Å². The number of hydrogen-bond donors (Lipinski definition) is 1. The second kappa shape index (κ2) is 7.66. The molecule has 1 aromatic carbocycles. The number of likely N-dealkylation sites (tertiary alicyclic amines) is 1. The van der Waals surface area contributed by atoms with Crippen molar-refractivity contribution in [2.24, 2.45) is 0 Å². The zero-order valence-electron chi connectivity index (χ0n) is 15.2. The highest BCUT2D eigenvalue weighted by atomic mass is 35.5. The molecule has 1 atom stereocenters. The molecule has 1 unspecified atom stereocenters. The van der Waals surface area contributed by atoms with Crippen LogP contribution in [0.2, 0.25) is 10.0 Å². The lowest BCUT2D eigenvalue weighted by Crippen LogP contribution is -2.35. The molecular formula is C18H22Cl2N6O. The predicted octanol–water partition coefficient (Wildman–Crippen LogP) is 3.44.